The van der Waals surface area contributed by atoms with Crippen molar-refractivity contribution in [3.8, 4) is 11.5 Å². The van der Waals surface area contributed by atoms with E-state index in [1.54, 1.807) is 6.07 Å². The number of hydrogen-bond acceptors (Lipinski definition) is 4. The number of urea groups is 1. The summed E-state index contributed by atoms with van der Waals surface area (Å²) in [6.45, 7) is 13.5. The highest BCUT2D eigenvalue weighted by Gasteiger charge is 2.34. The zero-order chi connectivity index (χ0) is 27.4. The molecule has 0 aliphatic carbocycles. The molecule has 7 heteroatoms. The van der Waals surface area contributed by atoms with Crippen molar-refractivity contribution in [2.45, 2.75) is 84.4 Å². The first-order valence-corrected chi connectivity index (χ1v) is 13.1. The number of nitrogens with zero attached hydrogens (tertiary/aromatic N) is 2. The number of carbonyl (C=O) groups excluding carboxylic acids is 1. The molecule has 1 atom stereocenters. The Balaban J connectivity index is 1.58. The van der Waals surface area contributed by atoms with Crippen molar-refractivity contribution in [3.05, 3.63) is 59.2 Å². The van der Waals surface area contributed by atoms with Gasteiger partial charge in [0, 0.05) is 26.6 Å². The summed E-state index contributed by atoms with van der Waals surface area (Å²) in [5, 5.41) is 9.35. The number of hydrogen-bond donors (Lipinski definition) is 1. The van der Waals surface area contributed by atoms with Crippen LogP contribution in [0.4, 0.5) is 4.79 Å². The fourth-order valence-corrected chi connectivity index (χ4v) is 4.45. The second kappa shape index (κ2) is 11.4. The lowest BCUT2D eigenvalue weighted by atomic mass is 9.87. The van der Waals surface area contributed by atoms with E-state index in [0.29, 0.717) is 25.4 Å². The molecule has 1 saturated heterocycles. The number of carboxylic acid groups (broad SMARTS) is 1. The van der Waals surface area contributed by atoms with E-state index in [9.17, 15) is 14.7 Å². The molecule has 2 aromatic carbocycles. The van der Waals surface area contributed by atoms with E-state index >= 15 is 0 Å². The molecule has 2 aromatic rings. The Hall–Kier alpha value is -3.22. The van der Waals surface area contributed by atoms with Gasteiger partial charge in [-0.3, -0.25) is 0 Å². The van der Waals surface area contributed by atoms with Gasteiger partial charge in [0.2, 0.25) is 0 Å². The minimum absolute atomic E-state index is 0.0408. The second-order valence-corrected chi connectivity index (χ2v) is 11.4. The summed E-state index contributed by atoms with van der Waals surface area (Å²) < 4.78 is 11.8. The van der Waals surface area contributed by atoms with Crippen LogP contribution in [-0.4, -0.2) is 58.7 Å². The lowest BCUT2D eigenvalue weighted by molar-refractivity contribution is -0.152. The van der Waals surface area contributed by atoms with Gasteiger partial charge in [-0.1, -0.05) is 58.4 Å². The Bertz CT molecular complexity index is 1090. The average molecular weight is 511 g/mol. The van der Waals surface area contributed by atoms with Gasteiger partial charge in [0.1, 0.15) is 11.5 Å². The van der Waals surface area contributed by atoms with Crippen LogP contribution in [0.5, 0.6) is 11.5 Å². The first-order valence-electron chi connectivity index (χ1n) is 13.1. The number of ether oxygens (including phenoxy) is 2. The second-order valence-electron chi connectivity index (χ2n) is 11.4. The third-order valence-electron chi connectivity index (χ3n) is 6.89. The number of benzene rings is 2. The lowest BCUT2D eigenvalue weighted by Crippen LogP contribution is -2.37. The molecular formula is C30H42N2O5. The fourth-order valence-electron chi connectivity index (χ4n) is 4.45. The van der Waals surface area contributed by atoms with Crippen LogP contribution in [-0.2, 0) is 23.2 Å². The van der Waals surface area contributed by atoms with Gasteiger partial charge in [0.05, 0.1) is 12.6 Å². The van der Waals surface area contributed by atoms with Gasteiger partial charge in [-0.05, 0) is 60.6 Å². The third-order valence-corrected chi connectivity index (χ3v) is 6.89. The van der Waals surface area contributed by atoms with E-state index in [0.717, 1.165) is 36.1 Å². The summed E-state index contributed by atoms with van der Waals surface area (Å²) in [6.07, 6.45) is 2.44. The SMILES string of the molecule is CCCc1cc(OC(C)(C)C(=O)O)ccc1OCCC1CN(Cc2ccc(C(C)(C)C)cc2)C(=O)N1C. The van der Waals surface area contributed by atoms with Gasteiger partial charge >= 0.3 is 12.0 Å². The smallest absolute Gasteiger partial charge is 0.347 e. The Morgan fingerprint density at radius 2 is 1.76 bits per heavy atom. The molecule has 1 fully saturated rings. The number of carboxylic acids is 1. The maximum absolute atomic E-state index is 12.9. The molecule has 1 unspecified atom stereocenters. The van der Waals surface area contributed by atoms with Gasteiger partial charge in [0.15, 0.2) is 5.60 Å². The Labute approximate surface area is 221 Å². The highest BCUT2D eigenvalue weighted by Crippen LogP contribution is 2.29. The van der Waals surface area contributed by atoms with E-state index in [1.807, 2.05) is 29.0 Å². The first kappa shape index (κ1) is 28.4. The summed E-state index contributed by atoms with van der Waals surface area (Å²) in [5.74, 6) is 0.261. The van der Waals surface area contributed by atoms with E-state index < -0.39 is 11.6 Å². The number of carbonyl (C=O) groups is 2. The van der Waals surface area contributed by atoms with E-state index in [1.165, 1.54) is 19.4 Å². The molecule has 0 radical (unpaired) electrons. The lowest BCUT2D eigenvalue weighted by Gasteiger charge is -2.23. The molecule has 7 nitrogen and oxygen atoms in total. The topological polar surface area (TPSA) is 79.3 Å². The van der Waals surface area contributed by atoms with Crippen molar-refractivity contribution in [1.29, 1.82) is 0 Å². The van der Waals surface area contributed by atoms with Crippen molar-refractivity contribution in [3.63, 3.8) is 0 Å². The molecule has 0 saturated carbocycles. The monoisotopic (exact) mass is 510 g/mol. The van der Waals surface area contributed by atoms with Gasteiger partial charge in [-0.15, -0.1) is 0 Å². The Kier molecular flexibility index (Phi) is 8.77. The largest absolute Gasteiger partial charge is 0.493 e. The van der Waals surface area contributed by atoms with Gasteiger partial charge < -0.3 is 24.4 Å². The molecule has 2 amide bonds. The quantitative estimate of drug-likeness (QED) is 0.408. The highest BCUT2D eigenvalue weighted by molar-refractivity contribution is 5.77. The molecular weight excluding hydrogens is 468 g/mol. The van der Waals surface area contributed by atoms with Crippen LogP contribution >= 0.6 is 0 Å². The predicted octanol–water partition coefficient (Wildman–Crippen LogP) is 5.88. The van der Waals surface area contributed by atoms with Crippen LogP contribution in [0, 0.1) is 0 Å². The van der Waals surface area contributed by atoms with Crippen LogP contribution in [0.15, 0.2) is 42.5 Å². The number of rotatable bonds is 11. The molecule has 3 rings (SSSR count). The van der Waals surface area contributed by atoms with Crippen LogP contribution in [0.1, 0.15) is 71.1 Å². The minimum Gasteiger partial charge on any atom is -0.493 e. The average Bonchev–Trinajstić information content (AvgIpc) is 3.08. The van der Waals surface area contributed by atoms with Gasteiger partial charge in [-0.2, -0.15) is 0 Å². The van der Waals surface area contributed by atoms with Crippen molar-refractivity contribution in [1.82, 2.24) is 9.80 Å². The Morgan fingerprint density at radius 3 is 2.35 bits per heavy atom. The summed E-state index contributed by atoms with van der Waals surface area (Å²) in [5.41, 5.74) is 2.18. The summed E-state index contributed by atoms with van der Waals surface area (Å²) in [4.78, 5) is 28.0. The maximum Gasteiger partial charge on any atom is 0.347 e. The van der Waals surface area contributed by atoms with E-state index in [4.69, 9.17) is 9.47 Å². The van der Waals surface area contributed by atoms with Gasteiger partial charge in [0.25, 0.3) is 0 Å². The zero-order valence-electron chi connectivity index (χ0n) is 23.3. The molecule has 202 valence electrons. The first-order chi connectivity index (χ1) is 17.3. The Morgan fingerprint density at radius 1 is 1.08 bits per heavy atom. The standard InChI is InChI=1S/C30H42N2O5/c1-8-9-22-18-25(37-30(5,6)27(33)34)14-15-26(22)36-17-16-24-20-32(28(35)31(24)7)19-21-10-12-23(13-11-21)29(2,3)4/h10-15,18,24H,8-9,16-17,19-20H2,1-7H3,(H,33,34). The third kappa shape index (κ3) is 7.18. The van der Waals surface area contributed by atoms with E-state index in [2.05, 4.69) is 52.0 Å². The molecule has 1 aliphatic rings. The number of amides is 2. The summed E-state index contributed by atoms with van der Waals surface area (Å²) in [7, 11) is 1.86. The normalized spacial score (nSPS) is 16.3. The maximum atomic E-state index is 12.9. The molecule has 0 bridgehead atoms. The molecule has 1 aliphatic heterocycles. The number of aliphatic carboxylic acids is 1. The van der Waals surface area contributed by atoms with Crippen LogP contribution in [0.2, 0.25) is 0 Å². The predicted molar refractivity (Wildman–Crippen MR) is 145 cm³/mol. The van der Waals surface area contributed by atoms with Crippen LogP contribution in [0.25, 0.3) is 0 Å². The van der Waals surface area contributed by atoms with Gasteiger partial charge in [-0.25, -0.2) is 9.59 Å². The number of likely N-dealkylation sites (N-methyl/N-ethyl adjacent to an activating group) is 1. The molecule has 1 heterocycles. The molecule has 37 heavy (non-hydrogen) atoms. The molecule has 0 aromatic heterocycles. The van der Waals surface area contributed by atoms with Crippen molar-refractivity contribution >= 4 is 12.0 Å². The van der Waals surface area contributed by atoms with Crippen molar-refractivity contribution in [2.75, 3.05) is 20.2 Å². The summed E-state index contributed by atoms with van der Waals surface area (Å²) in [6, 6.07) is 14.1. The van der Waals surface area contributed by atoms with E-state index in [-0.39, 0.29) is 17.5 Å². The number of aryl methyl sites for hydroxylation is 1. The van der Waals surface area contributed by atoms with Crippen molar-refractivity contribution < 1.29 is 24.2 Å². The van der Waals surface area contributed by atoms with Crippen molar-refractivity contribution in [2.24, 2.45) is 0 Å². The zero-order valence-corrected chi connectivity index (χ0v) is 23.3. The minimum atomic E-state index is -1.31. The molecule has 1 N–H and O–H groups in total. The fraction of sp³-hybridized carbons (Fsp3) is 0.533. The molecule has 0 spiro atoms. The van der Waals surface area contributed by atoms with Crippen LogP contribution < -0.4 is 9.47 Å². The summed E-state index contributed by atoms with van der Waals surface area (Å²) >= 11 is 0. The van der Waals surface area contributed by atoms with Crippen LogP contribution in [0.3, 0.4) is 0 Å². The highest BCUT2D eigenvalue weighted by atomic mass is 16.5.